The van der Waals surface area contributed by atoms with E-state index in [4.69, 9.17) is 9.47 Å². The average Bonchev–Trinajstić information content (AvgIpc) is 2.32. The predicted molar refractivity (Wildman–Crippen MR) is 72.9 cm³/mol. The van der Waals surface area contributed by atoms with E-state index in [0.29, 0.717) is 26.1 Å². The van der Waals surface area contributed by atoms with Gasteiger partial charge in [0.2, 0.25) is 0 Å². The number of Topliss-reactive ketones (excluding diaryl/α,β-unsaturated/α-hetero) is 1. The molecule has 0 aromatic heterocycles. The van der Waals surface area contributed by atoms with Crippen molar-refractivity contribution in [3.63, 3.8) is 0 Å². The monoisotopic (exact) mass is 270 g/mol. The molecule has 0 heterocycles. The summed E-state index contributed by atoms with van der Waals surface area (Å²) in [6.45, 7) is 8.84. The summed E-state index contributed by atoms with van der Waals surface area (Å²) >= 11 is 0. The smallest absolute Gasteiger partial charge is 0.313 e. The molecule has 0 radical (unpaired) electrons. The van der Waals surface area contributed by atoms with E-state index in [1.165, 1.54) is 0 Å². The molecule has 0 unspecified atom stereocenters. The summed E-state index contributed by atoms with van der Waals surface area (Å²) < 4.78 is 10.6. The van der Waals surface area contributed by atoms with Crippen molar-refractivity contribution in [2.45, 2.75) is 65.4 Å². The van der Waals surface area contributed by atoms with Gasteiger partial charge in [-0.25, -0.2) is 0 Å². The molecule has 19 heavy (non-hydrogen) atoms. The number of carbonyl (C=O) groups excluding carboxylic acids is 2. The van der Waals surface area contributed by atoms with Crippen LogP contribution < -0.4 is 0 Å². The number of rotatable bonds is 6. The summed E-state index contributed by atoms with van der Waals surface area (Å²) in [7, 11) is 0. The molecule has 0 spiro atoms. The highest BCUT2D eigenvalue weighted by atomic mass is 16.5. The Kier molecular flexibility index (Phi) is 5.53. The number of carbonyl (C=O) groups is 2. The Bertz CT molecular complexity index is 323. The minimum Gasteiger partial charge on any atom is -0.466 e. The van der Waals surface area contributed by atoms with Crippen LogP contribution in [0.25, 0.3) is 0 Å². The zero-order valence-corrected chi connectivity index (χ0v) is 12.6. The fraction of sp³-hybridized carbons (Fsp3) is 0.867. The fourth-order valence-electron chi connectivity index (χ4n) is 2.61. The summed E-state index contributed by atoms with van der Waals surface area (Å²) in [6, 6.07) is 0. The molecule has 1 fully saturated rings. The molecule has 0 N–H and O–H groups in total. The molecule has 0 saturated heterocycles. The number of esters is 1. The van der Waals surface area contributed by atoms with Gasteiger partial charge in [-0.15, -0.1) is 0 Å². The molecule has 110 valence electrons. The molecule has 0 aromatic rings. The Labute approximate surface area is 115 Å². The number of hydrogen-bond donors (Lipinski definition) is 0. The van der Waals surface area contributed by atoms with Crippen LogP contribution in [0.3, 0.4) is 0 Å². The molecule has 0 atom stereocenters. The van der Waals surface area contributed by atoms with Crippen LogP contribution >= 0.6 is 0 Å². The lowest BCUT2D eigenvalue weighted by atomic mass is 9.69. The van der Waals surface area contributed by atoms with Gasteiger partial charge in [0.15, 0.2) is 5.78 Å². The van der Waals surface area contributed by atoms with Crippen molar-refractivity contribution in [1.82, 2.24) is 0 Å². The minimum atomic E-state index is -0.767. The number of ether oxygens (including phenoxy) is 2. The summed E-state index contributed by atoms with van der Waals surface area (Å²) in [4.78, 5) is 23.9. The van der Waals surface area contributed by atoms with Crippen molar-refractivity contribution in [3.8, 4) is 0 Å². The lowest BCUT2D eigenvalue weighted by Crippen LogP contribution is -2.47. The van der Waals surface area contributed by atoms with Crippen LogP contribution in [0.15, 0.2) is 0 Å². The second-order valence-corrected chi connectivity index (χ2v) is 6.00. The van der Waals surface area contributed by atoms with E-state index in [-0.39, 0.29) is 17.6 Å². The topological polar surface area (TPSA) is 52.6 Å². The number of ketones is 1. The summed E-state index contributed by atoms with van der Waals surface area (Å²) in [5.41, 5.74) is -0.512. The molecule has 1 rings (SSSR count). The molecule has 4 nitrogen and oxygen atoms in total. The molecular weight excluding hydrogens is 244 g/mol. The van der Waals surface area contributed by atoms with Crippen LogP contribution in [-0.4, -0.2) is 30.6 Å². The SMILES string of the molecule is CCOC(=O)CC(=O)C1(OCC)CCC(C)(C)CC1. The maximum atomic E-state index is 12.4. The molecule has 1 saturated carbocycles. The van der Waals surface area contributed by atoms with E-state index in [1.807, 2.05) is 6.92 Å². The Morgan fingerprint density at radius 1 is 1.00 bits per heavy atom. The zero-order valence-electron chi connectivity index (χ0n) is 12.6. The van der Waals surface area contributed by atoms with Crippen LogP contribution in [0.2, 0.25) is 0 Å². The molecular formula is C15H26O4. The largest absolute Gasteiger partial charge is 0.466 e. The van der Waals surface area contributed by atoms with E-state index >= 15 is 0 Å². The van der Waals surface area contributed by atoms with Gasteiger partial charge in [-0.1, -0.05) is 13.8 Å². The van der Waals surface area contributed by atoms with E-state index in [9.17, 15) is 9.59 Å². The van der Waals surface area contributed by atoms with E-state index in [0.717, 1.165) is 12.8 Å². The van der Waals surface area contributed by atoms with Gasteiger partial charge >= 0.3 is 5.97 Å². The summed E-state index contributed by atoms with van der Waals surface area (Å²) in [5.74, 6) is -0.570. The van der Waals surface area contributed by atoms with Crippen molar-refractivity contribution >= 4 is 11.8 Å². The van der Waals surface area contributed by atoms with Crippen LogP contribution in [0, 0.1) is 5.41 Å². The maximum Gasteiger partial charge on any atom is 0.313 e. The molecule has 0 amide bonds. The Morgan fingerprint density at radius 3 is 2.05 bits per heavy atom. The highest BCUT2D eigenvalue weighted by Gasteiger charge is 2.44. The van der Waals surface area contributed by atoms with Crippen molar-refractivity contribution in [2.24, 2.45) is 5.41 Å². The molecule has 1 aliphatic rings. The minimum absolute atomic E-state index is 0.122. The van der Waals surface area contributed by atoms with Gasteiger partial charge in [0.1, 0.15) is 12.0 Å². The Balaban J connectivity index is 2.71. The molecule has 0 bridgehead atoms. The second-order valence-electron chi connectivity index (χ2n) is 6.00. The zero-order chi connectivity index (χ0) is 14.5. The second kappa shape index (κ2) is 6.51. The quantitative estimate of drug-likeness (QED) is 0.550. The third kappa shape index (κ3) is 4.30. The molecule has 0 aromatic carbocycles. The van der Waals surface area contributed by atoms with Crippen molar-refractivity contribution in [3.05, 3.63) is 0 Å². The summed E-state index contributed by atoms with van der Waals surface area (Å²) in [5, 5.41) is 0. The standard InChI is InChI=1S/C15H26O4/c1-5-18-13(17)11-12(16)15(19-6-2)9-7-14(3,4)8-10-15/h5-11H2,1-4H3. The van der Waals surface area contributed by atoms with Gasteiger partial charge in [-0.05, 0) is 44.9 Å². The van der Waals surface area contributed by atoms with Crippen LogP contribution in [0.4, 0.5) is 0 Å². The first-order chi connectivity index (χ1) is 8.85. The first-order valence-corrected chi connectivity index (χ1v) is 7.18. The lowest BCUT2D eigenvalue weighted by molar-refractivity contribution is -0.159. The Morgan fingerprint density at radius 2 is 1.58 bits per heavy atom. The molecule has 4 heteroatoms. The molecule has 1 aliphatic carbocycles. The van der Waals surface area contributed by atoms with Crippen LogP contribution in [0.5, 0.6) is 0 Å². The first kappa shape index (κ1) is 16.2. The Hall–Kier alpha value is -0.900. The average molecular weight is 270 g/mol. The number of hydrogen-bond acceptors (Lipinski definition) is 4. The molecule has 0 aliphatic heterocycles. The van der Waals surface area contributed by atoms with Gasteiger partial charge in [-0.3, -0.25) is 9.59 Å². The fourth-order valence-corrected chi connectivity index (χ4v) is 2.61. The van der Waals surface area contributed by atoms with Crippen molar-refractivity contribution in [2.75, 3.05) is 13.2 Å². The van der Waals surface area contributed by atoms with Gasteiger partial charge in [0, 0.05) is 6.61 Å². The lowest BCUT2D eigenvalue weighted by Gasteiger charge is -2.42. The van der Waals surface area contributed by atoms with Gasteiger partial charge in [0.25, 0.3) is 0 Å². The van der Waals surface area contributed by atoms with E-state index in [1.54, 1.807) is 6.92 Å². The van der Waals surface area contributed by atoms with E-state index < -0.39 is 11.6 Å². The van der Waals surface area contributed by atoms with Crippen molar-refractivity contribution in [1.29, 1.82) is 0 Å². The van der Waals surface area contributed by atoms with E-state index in [2.05, 4.69) is 13.8 Å². The van der Waals surface area contributed by atoms with Crippen molar-refractivity contribution < 1.29 is 19.1 Å². The third-order valence-corrected chi connectivity index (χ3v) is 3.95. The third-order valence-electron chi connectivity index (χ3n) is 3.95. The first-order valence-electron chi connectivity index (χ1n) is 7.18. The highest BCUT2D eigenvalue weighted by Crippen LogP contribution is 2.42. The highest BCUT2D eigenvalue weighted by molar-refractivity contribution is 6.00. The summed E-state index contributed by atoms with van der Waals surface area (Å²) in [6.07, 6.45) is 3.12. The van der Waals surface area contributed by atoms with Gasteiger partial charge in [-0.2, -0.15) is 0 Å². The van der Waals surface area contributed by atoms with Crippen LogP contribution in [0.1, 0.15) is 59.8 Å². The van der Waals surface area contributed by atoms with Gasteiger partial charge < -0.3 is 9.47 Å². The van der Waals surface area contributed by atoms with Gasteiger partial charge in [0.05, 0.1) is 6.61 Å². The van der Waals surface area contributed by atoms with Crippen LogP contribution in [-0.2, 0) is 19.1 Å². The maximum absolute atomic E-state index is 12.4. The predicted octanol–water partition coefficient (Wildman–Crippen LogP) is 2.88. The normalized spacial score (nSPS) is 20.8.